The predicted molar refractivity (Wildman–Crippen MR) is 386 cm³/mol. The Hall–Kier alpha value is -1.94. The fraction of sp³-hybridized carbons (Fsp3) is 0.947. The normalized spacial score (nSPS) is 15.0. The number of hydrogen-bond acceptors (Lipinski definition) is 15. The van der Waals surface area contributed by atoms with E-state index in [0.717, 1.165) is 120 Å². The lowest BCUT2D eigenvalue weighted by atomic mass is 9.99. The van der Waals surface area contributed by atoms with Gasteiger partial charge in [-0.1, -0.05) is 331 Å². The highest BCUT2D eigenvalue weighted by molar-refractivity contribution is 7.47. The molecule has 564 valence electrons. The first-order chi connectivity index (χ1) is 45.7. The maximum Gasteiger partial charge on any atom is 0.472 e. The van der Waals surface area contributed by atoms with Crippen LogP contribution < -0.4 is 0 Å². The lowest BCUT2D eigenvalue weighted by Gasteiger charge is -2.21. The summed E-state index contributed by atoms with van der Waals surface area (Å²) in [7, 11) is -9.91. The Labute approximate surface area is 581 Å². The van der Waals surface area contributed by atoms with Crippen molar-refractivity contribution in [2.45, 2.75) is 401 Å². The van der Waals surface area contributed by atoms with Crippen molar-refractivity contribution in [1.82, 2.24) is 0 Å². The van der Waals surface area contributed by atoms with Crippen molar-refractivity contribution in [2.24, 2.45) is 23.7 Å². The van der Waals surface area contributed by atoms with Crippen LogP contribution in [-0.2, 0) is 65.4 Å². The number of unbranched alkanes of at least 4 members (excludes halogenated alkanes) is 36. The lowest BCUT2D eigenvalue weighted by Crippen LogP contribution is -2.30. The maximum absolute atomic E-state index is 13.1. The predicted octanol–water partition coefficient (Wildman–Crippen LogP) is 22.0. The first-order valence-corrected chi connectivity index (χ1v) is 42.3. The van der Waals surface area contributed by atoms with Gasteiger partial charge < -0.3 is 33.8 Å². The van der Waals surface area contributed by atoms with E-state index < -0.39 is 97.5 Å². The van der Waals surface area contributed by atoms with Gasteiger partial charge in [0.05, 0.1) is 26.4 Å². The van der Waals surface area contributed by atoms with Crippen molar-refractivity contribution < 1.29 is 80.2 Å². The van der Waals surface area contributed by atoms with E-state index in [-0.39, 0.29) is 25.7 Å². The van der Waals surface area contributed by atoms with E-state index in [9.17, 15) is 43.2 Å². The first-order valence-electron chi connectivity index (χ1n) is 39.3. The number of phosphoric acid groups is 2. The average Bonchev–Trinajstić information content (AvgIpc) is 2.49. The Morgan fingerprint density at radius 1 is 0.295 bits per heavy atom. The number of aliphatic hydroxyl groups excluding tert-OH is 1. The molecule has 17 nitrogen and oxygen atoms in total. The maximum atomic E-state index is 13.1. The minimum Gasteiger partial charge on any atom is -0.462 e. The van der Waals surface area contributed by atoms with Gasteiger partial charge in [0.2, 0.25) is 0 Å². The van der Waals surface area contributed by atoms with E-state index in [0.29, 0.717) is 25.7 Å². The summed E-state index contributed by atoms with van der Waals surface area (Å²) in [6, 6.07) is 0. The minimum atomic E-state index is -4.96. The zero-order valence-corrected chi connectivity index (χ0v) is 64.1. The zero-order valence-electron chi connectivity index (χ0n) is 62.3. The SMILES string of the molecule is CCC(C)CCCCCCCCCCCCCCCCCCCCC(=O)O[C@H](COC(=O)CCCCCCCCC(C)CC)COP(=O)(O)OC[C@H](O)COP(=O)(O)OC[C@@H](COC(=O)CCCCCCCCCCC(C)C)OC(=O)CCCCCCCCCCC(C)CC. The smallest absolute Gasteiger partial charge is 0.462 e. The molecule has 0 amide bonds. The van der Waals surface area contributed by atoms with Crippen molar-refractivity contribution in [2.75, 3.05) is 39.6 Å². The van der Waals surface area contributed by atoms with Crippen molar-refractivity contribution >= 4 is 39.5 Å². The molecule has 0 aromatic carbocycles. The van der Waals surface area contributed by atoms with E-state index in [1.54, 1.807) is 0 Å². The monoisotopic (exact) mass is 1400 g/mol. The molecule has 0 aliphatic rings. The average molecular weight is 1400 g/mol. The molecule has 0 aliphatic carbocycles. The number of rotatable bonds is 73. The first kappa shape index (κ1) is 93.1. The largest absolute Gasteiger partial charge is 0.472 e. The van der Waals surface area contributed by atoms with Crippen LogP contribution in [0.5, 0.6) is 0 Å². The molecular weight excluding hydrogens is 1250 g/mol. The Morgan fingerprint density at radius 3 is 0.747 bits per heavy atom. The molecule has 0 aromatic heterocycles. The van der Waals surface area contributed by atoms with Gasteiger partial charge in [0, 0.05) is 25.7 Å². The van der Waals surface area contributed by atoms with Crippen LogP contribution in [0.4, 0.5) is 0 Å². The van der Waals surface area contributed by atoms with Crippen LogP contribution in [-0.4, -0.2) is 96.7 Å². The van der Waals surface area contributed by atoms with Crippen molar-refractivity contribution in [3.8, 4) is 0 Å². The van der Waals surface area contributed by atoms with Gasteiger partial charge in [-0.3, -0.25) is 37.3 Å². The van der Waals surface area contributed by atoms with Crippen LogP contribution in [0.25, 0.3) is 0 Å². The van der Waals surface area contributed by atoms with Crippen LogP contribution >= 0.6 is 15.6 Å². The lowest BCUT2D eigenvalue weighted by molar-refractivity contribution is -0.161. The second-order valence-corrected chi connectivity index (χ2v) is 31.5. The molecule has 0 saturated heterocycles. The highest BCUT2D eigenvalue weighted by Crippen LogP contribution is 2.45. The highest BCUT2D eigenvalue weighted by Gasteiger charge is 2.30. The van der Waals surface area contributed by atoms with Gasteiger partial charge >= 0.3 is 39.5 Å². The molecular formula is C76H148O17P2. The Bertz CT molecular complexity index is 1870. The molecule has 0 spiro atoms. The Balaban J connectivity index is 5.18. The summed E-state index contributed by atoms with van der Waals surface area (Å²) >= 11 is 0. The topological polar surface area (TPSA) is 237 Å². The highest BCUT2D eigenvalue weighted by atomic mass is 31.2. The van der Waals surface area contributed by atoms with Crippen LogP contribution in [0.1, 0.15) is 383 Å². The summed E-state index contributed by atoms with van der Waals surface area (Å²) in [5.41, 5.74) is 0. The van der Waals surface area contributed by atoms with Crippen LogP contribution in [0.3, 0.4) is 0 Å². The van der Waals surface area contributed by atoms with Crippen LogP contribution in [0.15, 0.2) is 0 Å². The molecule has 0 saturated carbocycles. The number of carbonyl (C=O) groups is 4. The minimum absolute atomic E-state index is 0.104. The van der Waals surface area contributed by atoms with Gasteiger partial charge in [-0.05, 0) is 49.4 Å². The van der Waals surface area contributed by atoms with E-state index >= 15 is 0 Å². The molecule has 3 N–H and O–H groups in total. The Morgan fingerprint density at radius 2 is 0.505 bits per heavy atom. The second-order valence-electron chi connectivity index (χ2n) is 28.6. The molecule has 95 heavy (non-hydrogen) atoms. The van der Waals surface area contributed by atoms with E-state index in [1.807, 2.05) is 0 Å². The number of phosphoric ester groups is 2. The van der Waals surface area contributed by atoms with Gasteiger partial charge in [-0.25, -0.2) is 9.13 Å². The third-order valence-corrected chi connectivity index (χ3v) is 20.6. The summed E-state index contributed by atoms with van der Waals surface area (Å²) in [6.07, 6.45) is 50.1. The molecule has 0 fully saturated rings. The summed E-state index contributed by atoms with van der Waals surface area (Å²) in [6.45, 7) is 14.2. The van der Waals surface area contributed by atoms with Gasteiger partial charge in [0.15, 0.2) is 12.2 Å². The molecule has 19 heteroatoms. The Kier molecular flexibility index (Phi) is 64.0. The quantitative estimate of drug-likeness (QED) is 0.0222. The van der Waals surface area contributed by atoms with E-state index in [1.165, 1.54) is 180 Å². The standard InChI is InChI=1S/C76H148O17P2/c1-9-67(6)53-45-37-29-22-20-18-16-14-12-13-15-17-19-21-23-32-42-50-58-75(80)92-72(63-87-74(79)57-49-41-35-34-39-47-55-69(8)11-3)65-91-95(84,85)89-61-70(77)60-88-94(82,83)90-64-71(62-86-73(78)56-48-40-31-26-24-28-36-44-52-66(4)5)93-76(81)59-51-43-33-27-25-30-38-46-54-68(7)10-2/h66-72,77H,9-65H2,1-8H3,(H,82,83)(H,84,85)/t67?,68?,69?,70-,71-,72-/m1/s1. The van der Waals surface area contributed by atoms with Gasteiger partial charge in [-0.2, -0.15) is 0 Å². The number of esters is 4. The fourth-order valence-electron chi connectivity index (χ4n) is 11.5. The van der Waals surface area contributed by atoms with Gasteiger partial charge in [0.1, 0.15) is 19.3 Å². The van der Waals surface area contributed by atoms with Crippen molar-refractivity contribution in [3.05, 3.63) is 0 Å². The summed E-state index contributed by atoms with van der Waals surface area (Å²) in [4.78, 5) is 72.7. The fourth-order valence-corrected chi connectivity index (χ4v) is 13.0. The van der Waals surface area contributed by atoms with Crippen LogP contribution in [0.2, 0.25) is 0 Å². The summed E-state index contributed by atoms with van der Waals surface area (Å²) in [5, 5.41) is 10.6. The molecule has 0 heterocycles. The van der Waals surface area contributed by atoms with Gasteiger partial charge in [-0.15, -0.1) is 0 Å². The third-order valence-electron chi connectivity index (χ3n) is 18.7. The molecule has 0 aliphatic heterocycles. The number of ether oxygens (including phenoxy) is 4. The second kappa shape index (κ2) is 65.4. The zero-order chi connectivity index (χ0) is 70.3. The van der Waals surface area contributed by atoms with Crippen LogP contribution in [0, 0.1) is 23.7 Å². The van der Waals surface area contributed by atoms with Gasteiger partial charge in [0.25, 0.3) is 0 Å². The summed E-state index contributed by atoms with van der Waals surface area (Å²) < 4.78 is 68.5. The number of hydrogen-bond donors (Lipinski definition) is 3. The molecule has 0 radical (unpaired) electrons. The van der Waals surface area contributed by atoms with Crippen molar-refractivity contribution in [1.29, 1.82) is 0 Å². The summed E-state index contributed by atoms with van der Waals surface area (Å²) in [5.74, 6) is 0.972. The van der Waals surface area contributed by atoms with E-state index in [2.05, 4.69) is 55.4 Å². The third kappa shape index (κ3) is 66.4. The molecule has 8 atom stereocenters. The van der Waals surface area contributed by atoms with E-state index in [4.69, 9.17) is 37.0 Å². The molecule has 0 bridgehead atoms. The molecule has 0 rings (SSSR count). The molecule has 5 unspecified atom stereocenters. The molecule has 0 aromatic rings. The van der Waals surface area contributed by atoms with Crippen molar-refractivity contribution in [3.63, 3.8) is 0 Å². The number of aliphatic hydroxyl groups is 1. The number of carbonyl (C=O) groups excluding carboxylic acids is 4.